The van der Waals surface area contributed by atoms with Crippen LogP contribution in [-0.4, -0.2) is 126 Å². The zero-order valence-electron chi connectivity index (χ0n) is 51.6. The summed E-state index contributed by atoms with van der Waals surface area (Å²) in [5.74, 6) is -1.82. The maximum atomic E-state index is 13.6. The number of benzene rings is 6. The molecule has 470 valence electrons. The Morgan fingerprint density at radius 3 is 1.45 bits per heavy atom. The third-order valence-electron chi connectivity index (χ3n) is 16.9. The van der Waals surface area contributed by atoms with E-state index >= 15 is 0 Å². The quantitative estimate of drug-likeness (QED) is 0.0116. The predicted octanol–water partition coefficient (Wildman–Crippen LogP) is 11.0. The van der Waals surface area contributed by atoms with Crippen LogP contribution >= 0.6 is 0 Å². The number of rotatable bonds is 29. The second-order valence-corrected chi connectivity index (χ2v) is 28.5. The molecule has 6 aromatic carbocycles. The molecule has 0 aliphatic carbocycles. The van der Waals surface area contributed by atoms with E-state index in [9.17, 15) is 9.90 Å². The van der Waals surface area contributed by atoms with Gasteiger partial charge in [-0.15, -0.1) is 0 Å². The van der Waals surface area contributed by atoms with Crippen LogP contribution in [0, 0.1) is 17.8 Å². The summed E-state index contributed by atoms with van der Waals surface area (Å²) in [6, 6.07) is 59.9. The van der Waals surface area contributed by atoms with Crippen LogP contribution in [0.1, 0.15) is 77.1 Å². The van der Waals surface area contributed by atoms with Gasteiger partial charge in [-0.2, -0.15) is 0 Å². The fourth-order valence-electron chi connectivity index (χ4n) is 12.1. The molecule has 3 aliphatic rings. The molecule has 88 heavy (non-hydrogen) atoms. The molecule has 0 spiro atoms. The number of carbonyl (C=O) groups is 1. The van der Waals surface area contributed by atoms with Gasteiger partial charge >= 0.3 is 5.97 Å². The largest absolute Gasteiger partial charge is 0.457 e. The van der Waals surface area contributed by atoms with Gasteiger partial charge in [-0.25, -0.2) is 0 Å². The number of azide groups is 1. The fourth-order valence-corrected chi connectivity index (χ4v) is 16.7. The number of esters is 1. The molecular formula is C70H87N3O14Si. The van der Waals surface area contributed by atoms with E-state index < -0.39 is 99.9 Å². The Morgan fingerprint density at radius 1 is 0.523 bits per heavy atom. The molecule has 3 heterocycles. The molecule has 0 bridgehead atoms. The zero-order valence-corrected chi connectivity index (χ0v) is 52.6. The fraction of sp³-hybridized carbons (Fsp3) is 0.471. The first-order valence-corrected chi connectivity index (χ1v) is 32.7. The van der Waals surface area contributed by atoms with Gasteiger partial charge in [0.1, 0.15) is 36.6 Å². The number of ether oxygens (including phenoxy) is 11. The minimum absolute atomic E-state index is 0.0431. The van der Waals surface area contributed by atoms with E-state index in [4.69, 9.17) is 62.1 Å². The van der Waals surface area contributed by atoms with E-state index in [-0.39, 0.29) is 70.4 Å². The van der Waals surface area contributed by atoms with E-state index in [1.54, 1.807) is 0 Å². The molecular weight excluding hydrogens is 1130 g/mol. The van der Waals surface area contributed by atoms with Crippen molar-refractivity contribution in [2.24, 2.45) is 22.9 Å². The van der Waals surface area contributed by atoms with Crippen molar-refractivity contribution in [3.8, 4) is 0 Å². The summed E-state index contributed by atoms with van der Waals surface area (Å²) < 4.78 is 83.4. The number of aliphatic hydroxyl groups excluding tert-OH is 1. The van der Waals surface area contributed by atoms with Crippen LogP contribution in [0.4, 0.5) is 0 Å². The Hall–Kier alpha value is -6.16. The molecule has 1 N–H and O–H groups in total. The Bertz CT molecular complexity index is 3000. The topological polar surface area (TPSA) is 197 Å². The summed E-state index contributed by atoms with van der Waals surface area (Å²) in [4.78, 5) is 16.6. The molecule has 9 rings (SSSR count). The molecule has 0 radical (unpaired) electrons. The summed E-state index contributed by atoms with van der Waals surface area (Å²) in [7, 11) is -3.12. The van der Waals surface area contributed by atoms with Crippen LogP contribution in [0.15, 0.2) is 187 Å². The van der Waals surface area contributed by atoms with Crippen molar-refractivity contribution in [1.29, 1.82) is 0 Å². The van der Waals surface area contributed by atoms with Crippen LogP contribution in [0.5, 0.6) is 0 Å². The highest BCUT2D eigenvalue weighted by Gasteiger charge is 2.57. The summed E-state index contributed by atoms with van der Waals surface area (Å²) in [6.07, 6.45) is -11.3. The van der Waals surface area contributed by atoms with Crippen molar-refractivity contribution < 1.29 is 66.4 Å². The van der Waals surface area contributed by atoms with Gasteiger partial charge in [0.2, 0.25) is 0 Å². The molecule has 0 aromatic heterocycles. The molecule has 17 nitrogen and oxygen atoms in total. The highest BCUT2D eigenvalue weighted by molar-refractivity contribution is 6.99. The minimum atomic E-state index is -3.12. The Morgan fingerprint density at radius 2 is 0.966 bits per heavy atom. The minimum Gasteiger partial charge on any atom is -0.457 e. The lowest BCUT2D eigenvalue weighted by molar-refractivity contribution is -0.380. The van der Waals surface area contributed by atoms with E-state index in [2.05, 4.69) is 55.1 Å². The summed E-state index contributed by atoms with van der Waals surface area (Å²) in [5, 5.41) is 17.9. The lowest BCUT2D eigenvalue weighted by Crippen LogP contribution is -2.68. The second-order valence-electron chi connectivity index (χ2n) is 24.1. The van der Waals surface area contributed by atoms with Gasteiger partial charge < -0.3 is 61.6 Å². The first-order valence-electron chi connectivity index (χ1n) is 30.8. The van der Waals surface area contributed by atoms with Gasteiger partial charge in [0.15, 0.2) is 25.0 Å². The molecule has 3 aliphatic heterocycles. The number of aliphatic hydroxyl groups is 1. The van der Waals surface area contributed by atoms with E-state index in [0.717, 1.165) is 32.6 Å². The number of hydrogen-bond donors (Lipinski definition) is 1. The monoisotopic (exact) mass is 1220 g/mol. The van der Waals surface area contributed by atoms with Crippen molar-refractivity contribution in [2.45, 2.75) is 160 Å². The van der Waals surface area contributed by atoms with Gasteiger partial charge in [0.25, 0.3) is 8.32 Å². The maximum Gasteiger partial charge on any atom is 0.303 e. The Balaban J connectivity index is 1.10. The normalized spacial score (nSPS) is 27.5. The Labute approximate surface area is 519 Å². The zero-order chi connectivity index (χ0) is 61.9. The van der Waals surface area contributed by atoms with Crippen molar-refractivity contribution in [2.75, 3.05) is 33.0 Å². The highest BCUT2D eigenvalue weighted by Crippen LogP contribution is 2.42. The van der Waals surface area contributed by atoms with Crippen LogP contribution in [-0.2, 0) is 87.8 Å². The van der Waals surface area contributed by atoms with Crippen molar-refractivity contribution >= 4 is 24.7 Å². The van der Waals surface area contributed by atoms with Crippen molar-refractivity contribution in [3.63, 3.8) is 0 Å². The van der Waals surface area contributed by atoms with Crippen LogP contribution < -0.4 is 10.4 Å². The molecule has 6 unspecified atom stereocenters. The van der Waals surface area contributed by atoms with Crippen LogP contribution in [0.25, 0.3) is 10.4 Å². The standard InChI is InChI=1S/C70H87N3O14Si/c1-48-49(2)67(83-58(61(48)75)47-81-88(70(5,6)7,56-35-22-12-23-36-56)57-37-24-13-25-38-57)87-65-64(82-51(4)74)60(46-77-42-53-29-16-9-17-30-53)85-69(66(65)80-44-55-33-20-11-21-34-55)86-62-50(3)63(79-43-54-31-18-10-19-32-54)68(78-40-26-39-72-73-71)84-59(62)45-76-41-52-27-14-8-15-28-52/h8-25,27-38,48-50,58-69,75H,26,39-47H2,1-7H3/t48-,49?,50-,58?,59?,60?,61-,62-,63?,64-,65-,66?,67-,68+,69-/m0/s1. The number of nitrogens with zero attached hydrogens (tertiary/aromatic N) is 3. The van der Waals surface area contributed by atoms with E-state index in [1.165, 1.54) is 6.92 Å². The summed E-state index contributed by atoms with van der Waals surface area (Å²) in [5.41, 5.74) is 12.7. The molecule has 3 fully saturated rings. The van der Waals surface area contributed by atoms with E-state index in [1.807, 2.05) is 178 Å². The molecule has 0 saturated carbocycles. The third kappa shape index (κ3) is 17.2. The average Bonchev–Trinajstić information content (AvgIpc) is 0.911. The number of hydrogen-bond acceptors (Lipinski definition) is 15. The summed E-state index contributed by atoms with van der Waals surface area (Å²) in [6.45, 7) is 15.3. The third-order valence-corrected chi connectivity index (χ3v) is 21.9. The molecule has 6 aromatic rings. The summed E-state index contributed by atoms with van der Waals surface area (Å²) >= 11 is 0. The maximum absolute atomic E-state index is 13.6. The first-order chi connectivity index (χ1) is 42.7. The highest BCUT2D eigenvalue weighted by atomic mass is 28.4. The van der Waals surface area contributed by atoms with E-state index in [0.29, 0.717) is 6.42 Å². The smallest absolute Gasteiger partial charge is 0.303 e. The van der Waals surface area contributed by atoms with Crippen molar-refractivity contribution in [1.82, 2.24) is 0 Å². The SMILES string of the molecule is CC(=O)O[C@H]1C(COCc2ccccc2)O[C@@H](O[C@@H]2C(COCc3ccccc3)O[C@@H](OCCCN=[N+]=[N-])C(OCc3ccccc3)[C@H]2C)C(OCc2ccccc2)[C@H]1O[C@@H]1OC(CO[Si](c2ccccc2)(c2ccccc2)C(C)(C)C)[C@@H](O)[C@@H](C)C1C. The van der Waals surface area contributed by atoms with Gasteiger partial charge in [-0.1, -0.05) is 229 Å². The average molecular weight is 1220 g/mol. The molecule has 15 atom stereocenters. The van der Waals surface area contributed by atoms with Gasteiger partial charge in [-0.05, 0) is 55.5 Å². The molecule has 0 amide bonds. The van der Waals surface area contributed by atoms with Gasteiger partial charge in [0, 0.05) is 36.8 Å². The molecule has 3 saturated heterocycles. The van der Waals surface area contributed by atoms with Crippen LogP contribution in [0.2, 0.25) is 5.04 Å². The van der Waals surface area contributed by atoms with Gasteiger partial charge in [0.05, 0.1) is 58.5 Å². The lowest BCUT2D eigenvalue weighted by atomic mass is 9.84. The van der Waals surface area contributed by atoms with Crippen LogP contribution in [0.3, 0.4) is 0 Å². The Kier molecular flexibility index (Phi) is 24.5. The first kappa shape index (κ1) is 66.3. The lowest BCUT2D eigenvalue weighted by Gasteiger charge is -2.51. The van der Waals surface area contributed by atoms with Crippen molar-refractivity contribution in [3.05, 3.63) is 215 Å². The van der Waals surface area contributed by atoms with Gasteiger partial charge in [-0.3, -0.25) is 4.79 Å². The predicted molar refractivity (Wildman–Crippen MR) is 335 cm³/mol. The molecule has 18 heteroatoms. The second kappa shape index (κ2) is 32.5. The number of carbonyl (C=O) groups excluding carboxylic acids is 1.